The van der Waals surface area contributed by atoms with E-state index < -0.39 is 47.9 Å². The van der Waals surface area contributed by atoms with E-state index in [-0.39, 0.29) is 0 Å². The fourth-order valence-corrected chi connectivity index (χ4v) is 1.31. The van der Waals surface area contributed by atoms with Crippen LogP contribution >= 0.6 is 0 Å². The predicted molar refractivity (Wildman–Crippen MR) is 72.7 cm³/mol. The summed E-state index contributed by atoms with van der Waals surface area (Å²) in [5.41, 5.74) is -0.476. The van der Waals surface area contributed by atoms with Crippen LogP contribution in [-0.4, -0.2) is 51.7 Å². The van der Waals surface area contributed by atoms with Crippen molar-refractivity contribution in [3.8, 4) is 0 Å². The Balaban J connectivity index is 4.50. The van der Waals surface area contributed by atoms with E-state index in [4.69, 9.17) is 10.2 Å². The third-order valence-corrected chi connectivity index (χ3v) is 2.22. The van der Waals surface area contributed by atoms with Gasteiger partial charge in [0.25, 0.3) is 0 Å². The first-order chi connectivity index (χ1) is 9.42. The van der Waals surface area contributed by atoms with Gasteiger partial charge in [-0.1, -0.05) is 0 Å². The first-order valence-electron chi connectivity index (χ1n) is 6.26. The Morgan fingerprint density at radius 3 is 1.95 bits per heavy atom. The molecule has 5 N–H and O–H groups in total. The Bertz CT molecular complexity index is 429. The number of amides is 3. The summed E-state index contributed by atoms with van der Waals surface area (Å²) < 4.78 is 0. The van der Waals surface area contributed by atoms with Gasteiger partial charge in [-0.2, -0.15) is 0 Å². The van der Waals surface area contributed by atoms with Crippen molar-refractivity contribution in [3.63, 3.8) is 0 Å². The zero-order valence-corrected chi connectivity index (χ0v) is 12.4. The number of carbonyl (C=O) groups is 4. The predicted octanol–water partition coefficient (Wildman–Crippen LogP) is -0.483. The summed E-state index contributed by atoms with van der Waals surface area (Å²) in [5.74, 6) is -3.27. The topological polar surface area (TPSA) is 145 Å². The molecule has 3 amide bonds. The van der Waals surface area contributed by atoms with Crippen molar-refractivity contribution >= 4 is 23.9 Å². The molecule has 0 saturated carbocycles. The number of hydrogen-bond acceptors (Lipinski definition) is 4. The molecule has 21 heavy (non-hydrogen) atoms. The highest BCUT2D eigenvalue weighted by Gasteiger charge is 2.25. The molecule has 0 rings (SSSR count). The van der Waals surface area contributed by atoms with E-state index in [0.29, 0.717) is 0 Å². The van der Waals surface area contributed by atoms with Crippen LogP contribution in [0.3, 0.4) is 0 Å². The average molecular weight is 303 g/mol. The minimum absolute atomic E-state index is 0.442. The van der Waals surface area contributed by atoms with Crippen molar-refractivity contribution in [1.82, 2.24) is 16.0 Å². The van der Waals surface area contributed by atoms with Crippen LogP contribution in [0.25, 0.3) is 0 Å². The van der Waals surface area contributed by atoms with Crippen molar-refractivity contribution in [1.29, 1.82) is 0 Å². The summed E-state index contributed by atoms with van der Waals surface area (Å²) in [6, 6.07) is -3.40. The first-order valence-corrected chi connectivity index (χ1v) is 6.26. The normalized spacial score (nSPS) is 13.7. The number of rotatable bonds is 6. The lowest BCUT2D eigenvalue weighted by Crippen LogP contribution is -2.55. The van der Waals surface area contributed by atoms with E-state index in [2.05, 4.69) is 10.6 Å². The van der Waals surface area contributed by atoms with Crippen LogP contribution in [0, 0.1) is 0 Å². The van der Waals surface area contributed by atoms with Gasteiger partial charge in [0.1, 0.15) is 12.1 Å². The van der Waals surface area contributed by atoms with Crippen LogP contribution in [0.5, 0.6) is 0 Å². The van der Waals surface area contributed by atoms with Crippen LogP contribution in [0.4, 0.5) is 4.79 Å². The lowest BCUT2D eigenvalue weighted by Gasteiger charge is -2.24. The smallest absolute Gasteiger partial charge is 0.326 e. The fourth-order valence-electron chi connectivity index (χ4n) is 1.31. The maximum atomic E-state index is 11.7. The van der Waals surface area contributed by atoms with Gasteiger partial charge in [0.05, 0.1) is 6.42 Å². The van der Waals surface area contributed by atoms with E-state index in [9.17, 15) is 19.2 Å². The maximum absolute atomic E-state index is 11.7. The second-order valence-corrected chi connectivity index (χ2v) is 5.57. The number of carboxylic acids is 2. The van der Waals surface area contributed by atoms with Crippen molar-refractivity contribution < 1.29 is 29.4 Å². The van der Waals surface area contributed by atoms with Gasteiger partial charge < -0.3 is 26.2 Å². The van der Waals surface area contributed by atoms with Gasteiger partial charge in [0.15, 0.2) is 0 Å². The van der Waals surface area contributed by atoms with Gasteiger partial charge in [-0.15, -0.1) is 0 Å². The average Bonchev–Trinajstić information content (AvgIpc) is 2.24. The molecule has 0 bridgehead atoms. The Kier molecular flexibility index (Phi) is 6.64. The SMILES string of the molecule is CC(NC(=O)N[C@@H](CC(=O)O)C(=O)O)C(=O)NC(C)(C)C. The second-order valence-electron chi connectivity index (χ2n) is 5.57. The molecule has 0 fully saturated rings. The van der Waals surface area contributed by atoms with E-state index >= 15 is 0 Å². The number of aliphatic carboxylic acids is 2. The quantitative estimate of drug-likeness (QED) is 0.448. The molecule has 9 heteroatoms. The number of hydrogen-bond donors (Lipinski definition) is 5. The minimum atomic E-state index is -1.57. The highest BCUT2D eigenvalue weighted by atomic mass is 16.4. The molecule has 2 atom stereocenters. The molecule has 0 heterocycles. The van der Waals surface area contributed by atoms with Crippen molar-refractivity contribution in [3.05, 3.63) is 0 Å². The highest BCUT2D eigenvalue weighted by Crippen LogP contribution is 1.99. The van der Waals surface area contributed by atoms with Crippen molar-refractivity contribution in [2.75, 3.05) is 0 Å². The van der Waals surface area contributed by atoms with Gasteiger partial charge in [0, 0.05) is 5.54 Å². The number of carboxylic acid groups (broad SMARTS) is 2. The summed E-state index contributed by atoms with van der Waals surface area (Å²) in [7, 11) is 0. The lowest BCUT2D eigenvalue weighted by molar-refractivity contribution is -0.145. The molecule has 0 aliphatic heterocycles. The summed E-state index contributed by atoms with van der Waals surface area (Å²) >= 11 is 0. The molecule has 1 unspecified atom stereocenters. The van der Waals surface area contributed by atoms with E-state index in [1.165, 1.54) is 6.92 Å². The molecular weight excluding hydrogens is 282 g/mol. The maximum Gasteiger partial charge on any atom is 0.326 e. The van der Waals surface area contributed by atoms with Crippen LogP contribution in [0.1, 0.15) is 34.1 Å². The molecule has 0 spiro atoms. The van der Waals surface area contributed by atoms with Gasteiger partial charge in [0.2, 0.25) is 5.91 Å². The van der Waals surface area contributed by atoms with Crippen LogP contribution < -0.4 is 16.0 Å². The van der Waals surface area contributed by atoms with Crippen molar-refractivity contribution in [2.24, 2.45) is 0 Å². The zero-order valence-electron chi connectivity index (χ0n) is 12.4. The largest absolute Gasteiger partial charge is 0.481 e. The third kappa shape index (κ3) is 8.45. The molecule has 9 nitrogen and oxygen atoms in total. The molecule has 0 aromatic carbocycles. The highest BCUT2D eigenvalue weighted by molar-refractivity contribution is 5.89. The van der Waals surface area contributed by atoms with E-state index in [1.54, 1.807) is 20.8 Å². The van der Waals surface area contributed by atoms with Gasteiger partial charge in [-0.3, -0.25) is 9.59 Å². The summed E-state index contributed by atoms with van der Waals surface area (Å²) in [4.78, 5) is 44.6. The molecule has 0 aliphatic carbocycles. The fraction of sp³-hybridized carbons (Fsp3) is 0.667. The summed E-state index contributed by atoms with van der Waals surface area (Å²) in [5, 5.41) is 24.2. The Morgan fingerprint density at radius 2 is 1.57 bits per heavy atom. The molecule has 0 aliphatic rings. The van der Waals surface area contributed by atoms with Gasteiger partial charge >= 0.3 is 18.0 Å². The van der Waals surface area contributed by atoms with E-state index in [1.807, 2.05) is 5.32 Å². The van der Waals surface area contributed by atoms with Crippen LogP contribution in [-0.2, 0) is 14.4 Å². The molecule has 0 radical (unpaired) electrons. The number of nitrogens with one attached hydrogen (secondary N) is 3. The first kappa shape index (κ1) is 18.7. The number of carbonyl (C=O) groups excluding carboxylic acids is 2. The summed E-state index contributed by atoms with van der Waals surface area (Å²) in [6.45, 7) is 6.73. The van der Waals surface area contributed by atoms with Crippen LogP contribution in [0.2, 0.25) is 0 Å². The molecule has 0 saturated heterocycles. The van der Waals surface area contributed by atoms with Gasteiger partial charge in [-0.05, 0) is 27.7 Å². The van der Waals surface area contributed by atoms with Gasteiger partial charge in [-0.25, -0.2) is 9.59 Å². The second kappa shape index (κ2) is 7.46. The standard InChI is InChI=1S/C12H21N3O6/c1-6(9(18)15-12(2,3)4)13-11(21)14-7(10(19)20)5-8(16)17/h6-7H,5H2,1-4H3,(H,15,18)(H,16,17)(H,19,20)(H2,13,14,21)/t6?,7-/m0/s1. The Hall–Kier alpha value is -2.32. The Morgan fingerprint density at radius 1 is 1.05 bits per heavy atom. The van der Waals surface area contributed by atoms with Crippen LogP contribution in [0.15, 0.2) is 0 Å². The lowest BCUT2D eigenvalue weighted by atomic mass is 10.1. The number of urea groups is 1. The molecule has 0 aromatic rings. The molecular formula is C12H21N3O6. The minimum Gasteiger partial charge on any atom is -0.481 e. The zero-order chi connectivity index (χ0) is 16.8. The summed E-state index contributed by atoms with van der Waals surface area (Å²) in [6.07, 6.45) is -0.759. The Labute approximate surface area is 122 Å². The van der Waals surface area contributed by atoms with E-state index in [0.717, 1.165) is 0 Å². The monoisotopic (exact) mass is 303 g/mol. The molecule has 120 valence electrons. The molecule has 0 aromatic heterocycles. The third-order valence-electron chi connectivity index (χ3n) is 2.22. The van der Waals surface area contributed by atoms with Crippen molar-refractivity contribution in [2.45, 2.75) is 51.7 Å².